The van der Waals surface area contributed by atoms with Crippen LogP contribution >= 0.6 is 0 Å². The second-order valence-electron chi connectivity index (χ2n) is 7.09. The number of rotatable bonds is 4. The topological polar surface area (TPSA) is 46.3 Å². The first-order valence-corrected chi connectivity index (χ1v) is 8.42. The largest absolute Gasteiger partial charge is 0.366 e. The van der Waals surface area contributed by atoms with E-state index in [0.717, 1.165) is 25.1 Å². The zero-order chi connectivity index (χ0) is 17.3. The van der Waals surface area contributed by atoms with E-state index >= 15 is 0 Å². The van der Waals surface area contributed by atoms with Crippen molar-refractivity contribution in [3.05, 3.63) is 41.7 Å². The van der Waals surface area contributed by atoms with E-state index in [1.165, 1.54) is 29.1 Å². The maximum absolute atomic E-state index is 14.6. The van der Waals surface area contributed by atoms with E-state index in [1.54, 1.807) is 6.07 Å². The fraction of sp³-hybridized carbons (Fsp3) is 0.500. The van der Waals surface area contributed by atoms with Crippen LogP contribution in [0.25, 0.3) is 0 Å². The summed E-state index contributed by atoms with van der Waals surface area (Å²) >= 11 is 0. The quantitative estimate of drug-likeness (QED) is 0.802. The Balaban J connectivity index is 2.01. The number of aromatic nitrogens is 3. The predicted molar refractivity (Wildman–Crippen MR) is 94.2 cm³/mol. The highest BCUT2D eigenvalue weighted by molar-refractivity contribution is 5.82. The molecule has 1 aromatic carbocycles. The summed E-state index contributed by atoms with van der Waals surface area (Å²) < 4.78 is 16.1. The molecule has 2 heterocycles. The molecule has 0 N–H and O–H groups in total. The van der Waals surface area contributed by atoms with Crippen LogP contribution in [0.3, 0.4) is 0 Å². The van der Waals surface area contributed by atoms with Gasteiger partial charge in [-0.2, -0.15) is 5.10 Å². The van der Waals surface area contributed by atoms with Crippen molar-refractivity contribution in [1.29, 1.82) is 0 Å². The summed E-state index contributed by atoms with van der Waals surface area (Å²) in [5.41, 5.74) is 2.73. The lowest BCUT2D eigenvalue weighted by atomic mass is 9.79. The molecule has 0 aliphatic carbocycles. The second kappa shape index (κ2) is 6.34. The van der Waals surface area contributed by atoms with Crippen LogP contribution in [0.15, 0.2) is 29.9 Å². The Bertz CT molecular complexity index is 736. The lowest BCUT2D eigenvalue weighted by Gasteiger charge is -2.47. The van der Waals surface area contributed by atoms with Gasteiger partial charge in [0.15, 0.2) is 0 Å². The highest BCUT2D eigenvalue weighted by Crippen LogP contribution is 2.44. The van der Waals surface area contributed by atoms with Crippen molar-refractivity contribution >= 4 is 11.9 Å². The zero-order valence-corrected chi connectivity index (χ0v) is 14.7. The van der Waals surface area contributed by atoms with Crippen LogP contribution in [0.4, 0.5) is 10.1 Å². The lowest BCUT2D eigenvalue weighted by Crippen LogP contribution is -2.48. The van der Waals surface area contributed by atoms with Crippen LogP contribution in [-0.2, 0) is 0 Å². The van der Waals surface area contributed by atoms with Crippen molar-refractivity contribution in [3.63, 3.8) is 0 Å². The average Bonchev–Trinajstić information content (AvgIpc) is 3.02. The molecule has 0 saturated carbocycles. The van der Waals surface area contributed by atoms with Gasteiger partial charge in [-0.05, 0) is 50.3 Å². The second-order valence-corrected chi connectivity index (χ2v) is 7.09. The molecule has 1 aliphatic heterocycles. The third kappa shape index (κ3) is 3.05. The molecule has 5 nitrogen and oxygen atoms in total. The molecule has 0 spiro atoms. The minimum absolute atomic E-state index is 0.0347. The molecule has 0 fully saturated rings. The average molecular weight is 329 g/mol. The molecular weight excluding hydrogens is 305 g/mol. The number of halogens is 1. The van der Waals surface area contributed by atoms with Crippen molar-refractivity contribution in [2.75, 3.05) is 11.4 Å². The van der Waals surface area contributed by atoms with Gasteiger partial charge in [0.1, 0.15) is 18.5 Å². The molecule has 0 radical (unpaired) electrons. The summed E-state index contributed by atoms with van der Waals surface area (Å²) in [6, 6.07) is 3.59. The fourth-order valence-corrected chi connectivity index (χ4v) is 3.65. The number of hydrogen-bond acceptors (Lipinski definition) is 4. The Kier molecular flexibility index (Phi) is 4.39. The number of hydrogen-bond donors (Lipinski definition) is 0. The maximum atomic E-state index is 14.6. The SMILES string of the molecule is CCCN1c2cc(F)c(/C=N\n3cnnc3)cc2C(C)CC1(C)C. The van der Waals surface area contributed by atoms with Gasteiger partial charge in [-0.1, -0.05) is 13.8 Å². The molecule has 1 atom stereocenters. The standard InChI is InChI=1S/C18H24FN5/c1-5-6-24-17-8-16(19)14(10-22-23-11-20-21-12-23)7-15(17)13(2)9-18(24,3)4/h7-8,10-13H,5-6,9H2,1-4H3/b22-10-. The molecule has 0 amide bonds. The molecule has 3 rings (SSSR count). The van der Waals surface area contributed by atoms with Crippen molar-refractivity contribution < 1.29 is 4.39 Å². The van der Waals surface area contributed by atoms with Crippen LogP contribution in [0, 0.1) is 5.82 Å². The van der Waals surface area contributed by atoms with Crippen molar-refractivity contribution in [1.82, 2.24) is 14.9 Å². The molecule has 0 bridgehead atoms. The van der Waals surface area contributed by atoms with Gasteiger partial charge in [0.2, 0.25) is 0 Å². The van der Waals surface area contributed by atoms with Gasteiger partial charge in [0.25, 0.3) is 0 Å². The summed E-state index contributed by atoms with van der Waals surface area (Å²) in [6.45, 7) is 9.77. The summed E-state index contributed by atoms with van der Waals surface area (Å²) in [4.78, 5) is 2.34. The Labute approximate surface area is 142 Å². The van der Waals surface area contributed by atoms with Gasteiger partial charge in [-0.15, -0.1) is 10.2 Å². The Morgan fingerprint density at radius 2 is 2.04 bits per heavy atom. The number of fused-ring (bicyclic) bond motifs is 1. The first-order chi connectivity index (χ1) is 11.4. The van der Waals surface area contributed by atoms with E-state index in [2.05, 4.69) is 47.9 Å². The first kappa shape index (κ1) is 16.6. The number of benzene rings is 1. The van der Waals surface area contributed by atoms with Crippen molar-refractivity contribution in [2.24, 2.45) is 5.10 Å². The van der Waals surface area contributed by atoms with Crippen molar-refractivity contribution in [3.8, 4) is 0 Å². The predicted octanol–water partition coefficient (Wildman–Crippen LogP) is 3.80. The van der Waals surface area contributed by atoms with Gasteiger partial charge in [-0.25, -0.2) is 9.07 Å². The summed E-state index contributed by atoms with van der Waals surface area (Å²) in [6.07, 6.45) is 6.56. The summed E-state index contributed by atoms with van der Waals surface area (Å²) in [5.74, 6) is 0.127. The van der Waals surface area contributed by atoms with Crippen LogP contribution in [0.2, 0.25) is 0 Å². The lowest BCUT2D eigenvalue weighted by molar-refractivity contribution is 0.375. The number of anilines is 1. The highest BCUT2D eigenvalue weighted by atomic mass is 19.1. The zero-order valence-electron chi connectivity index (χ0n) is 14.7. The monoisotopic (exact) mass is 329 g/mol. The van der Waals surface area contributed by atoms with E-state index in [-0.39, 0.29) is 11.4 Å². The minimum atomic E-state index is -0.253. The molecule has 1 aliphatic rings. The molecule has 1 unspecified atom stereocenters. The Morgan fingerprint density at radius 1 is 1.33 bits per heavy atom. The van der Waals surface area contributed by atoms with Crippen LogP contribution in [0.1, 0.15) is 57.6 Å². The van der Waals surface area contributed by atoms with Crippen LogP contribution in [0.5, 0.6) is 0 Å². The normalized spacial score (nSPS) is 19.7. The van der Waals surface area contributed by atoms with Gasteiger partial charge >= 0.3 is 0 Å². The van der Waals surface area contributed by atoms with E-state index in [4.69, 9.17) is 0 Å². The van der Waals surface area contributed by atoms with Gasteiger partial charge in [0, 0.05) is 23.3 Å². The van der Waals surface area contributed by atoms with Crippen LogP contribution < -0.4 is 4.90 Å². The third-order valence-electron chi connectivity index (χ3n) is 4.69. The van der Waals surface area contributed by atoms with Gasteiger partial charge < -0.3 is 4.90 Å². The van der Waals surface area contributed by atoms with E-state index in [9.17, 15) is 4.39 Å². The maximum Gasteiger partial charge on any atom is 0.141 e. The Hall–Kier alpha value is -2.24. The smallest absolute Gasteiger partial charge is 0.141 e. The van der Waals surface area contributed by atoms with E-state index in [0.29, 0.717) is 11.5 Å². The van der Waals surface area contributed by atoms with E-state index < -0.39 is 0 Å². The Morgan fingerprint density at radius 3 is 2.71 bits per heavy atom. The molecule has 128 valence electrons. The van der Waals surface area contributed by atoms with Crippen molar-refractivity contribution in [2.45, 2.75) is 52.0 Å². The molecule has 1 aromatic heterocycles. The molecule has 0 saturated heterocycles. The molecular formula is C18H24FN5. The summed E-state index contributed by atoms with van der Waals surface area (Å²) in [7, 11) is 0. The first-order valence-electron chi connectivity index (χ1n) is 8.42. The fourth-order valence-electron chi connectivity index (χ4n) is 3.65. The molecule has 6 heteroatoms. The van der Waals surface area contributed by atoms with Crippen LogP contribution in [-0.4, -0.2) is 33.2 Å². The number of nitrogens with zero attached hydrogens (tertiary/aromatic N) is 5. The summed E-state index contributed by atoms with van der Waals surface area (Å²) in [5, 5.41) is 11.5. The van der Waals surface area contributed by atoms with Gasteiger partial charge in [0.05, 0.1) is 6.21 Å². The molecule has 2 aromatic rings. The third-order valence-corrected chi connectivity index (χ3v) is 4.69. The minimum Gasteiger partial charge on any atom is -0.366 e. The van der Waals surface area contributed by atoms with E-state index in [1.807, 2.05) is 6.07 Å². The van der Waals surface area contributed by atoms with Gasteiger partial charge in [-0.3, -0.25) is 0 Å². The highest BCUT2D eigenvalue weighted by Gasteiger charge is 2.36. The molecule has 24 heavy (non-hydrogen) atoms.